The third kappa shape index (κ3) is 5.54. The zero-order valence-corrected chi connectivity index (χ0v) is 14.2. The van der Waals surface area contributed by atoms with Crippen LogP contribution in [-0.2, 0) is 9.53 Å². The second-order valence-corrected chi connectivity index (χ2v) is 6.87. The van der Waals surface area contributed by atoms with Crippen molar-refractivity contribution >= 4 is 23.5 Å². The Kier molecular flexibility index (Phi) is 6.96. The molecule has 0 radical (unpaired) electrons. The maximum Gasteiger partial charge on any atom is 0.319 e. The van der Waals surface area contributed by atoms with E-state index in [-0.39, 0.29) is 29.0 Å². The smallest absolute Gasteiger partial charge is 0.319 e. The van der Waals surface area contributed by atoms with Gasteiger partial charge in [-0.1, -0.05) is 32.9 Å². The number of thioether (sulfide) groups is 1. The maximum atomic E-state index is 11.9. The largest absolute Gasteiger partial charge is 0.462 e. The molecule has 116 valence electrons. The molecule has 4 heteroatoms. The molecule has 2 atom stereocenters. The van der Waals surface area contributed by atoms with Gasteiger partial charge in [-0.05, 0) is 32.4 Å². The van der Waals surface area contributed by atoms with Crippen LogP contribution in [0.2, 0.25) is 0 Å². The zero-order chi connectivity index (χ0) is 16.0. The van der Waals surface area contributed by atoms with Crippen molar-refractivity contribution < 1.29 is 14.3 Å². The number of hydrogen-bond donors (Lipinski definition) is 0. The molecule has 0 aromatic heterocycles. The molecule has 0 spiro atoms. The Labute approximate surface area is 131 Å². The summed E-state index contributed by atoms with van der Waals surface area (Å²) in [6.07, 6.45) is 0.765. The third-order valence-electron chi connectivity index (χ3n) is 3.20. The number of ether oxygens (including phenoxy) is 1. The predicted octanol–water partition coefficient (Wildman–Crippen LogP) is 4.35. The highest BCUT2D eigenvalue weighted by Crippen LogP contribution is 2.25. The molecule has 0 saturated heterocycles. The topological polar surface area (TPSA) is 43.4 Å². The SMILES string of the molecule is CCC(C)OC(=O)C(C)Sc1ccc(C(=O)C(C)C)cc1. The second-order valence-electron chi connectivity index (χ2n) is 5.46. The lowest BCUT2D eigenvalue weighted by Crippen LogP contribution is -2.21. The van der Waals surface area contributed by atoms with Gasteiger partial charge in [0.05, 0.1) is 6.10 Å². The number of Topliss-reactive ketones (excluding diaryl/α,β-unsaturated/α-hetero) is 1. The highest BCUT2D eigenvalue weighted by Gasteiger charge is 2.18. The quantitative estimate of drug-likeness (QED) is 0.427. The van der Waals surface area contributed by atoms with E-state index in [9.17, 15) is 9.59 Å². The fourth-order valence-electron chi connectivity index (χ4n) is 1.66. The van der Waals surface area contributed by atoms with E-state index in [0.29, 0.717) is 5.56 Å². The van der Waals surface area contributed by atoms with Crippen molar-refractivity contribution in [2.45, 2.75) is 57.3 Å². The van der Waals surface area contributed by atoms with Gasteiger partial charge in [0.25, 0.3) is 0 Å². The minimum atomic E-state index is -0.259. The van der Waals surface area contributed by atoms with Crippen LogP contribution in [0.15, 0.2) is 29.2 Å². The maximum absolute atomic E-state index is 11.9. The Morgan fingerprint density at radius 1 is 1.10 bits per heavy atom. The summed E-state index contributed by atoms with van der Waals surface area (Å²) in [5.41, 5.74) is 0.712. The van der Waals surface area contributed by atoms with Crippen LogP contribution >= 0.6 is 11.8 Å². The van der Waals surface area contributed by atoms with Crippen molar-refractivity contribution in [3.63, 3.8) is 0 Å². The average Bonchev–Trinajstić information content (AvgIpc) is 2.46. The van der Waals surface area contributed by atoms with Crippen molar-refractivity contribution in [3.05, 3.63) is 29.8 Å². The molecule has 21 heavy (non-hydrogen) atoms. The standard InChI is InChI=1S/C17H24O3S/c1-6-12(4)20-17(19)13(5)21-15-9-7-14(8-10-15)16(18)11(2)3/h7-13H,6H2,1-5H3. The Balaban J connectivity index is 2.63. The Morgan fingerprint density at radius 2 is 1.67 bits per heavy atom. The molecule has 0 bridgehead atoms. The van der Waals surface area contributed by atoms with Crippen molar-refractivity contribution in [1.82, 2.24) is 0 Å². The molecule has 0 aliphatic heterocycles. The van der Waals surface area contributed by atoms with Crippen LogP contribution in [0.5, 0.6) is 0 Å². The van der Waals surface area contributed by atoms with E-state index in [4.69, 9.17) is 4.74 Å². The molecule has 3 nitrogen and oxygen atoms in total. The Hall–Kier alpha value is -1.29. The van der Waals surface area contributed by atoms with Crippen LogP contribution < -0.4 is 0 Å². The van der Waals surface area contributed by atoms with Crippen LogP contribution in [-0.4, -0.2) is 23.1 Å². The van der Waals surface area contributed by atoms with Crippen molar-refractivity contribution in [2.24, 2.45) is 5.92 Å². The minimum absolute atomic E-state index is 0.00654. The number of ketones is 1. The van der Waals surface area contributed by atoms with E-state index in [1.165, 1.54) is 11.8 Å². The van der Waals surface area contributed by atoms with E-state index >= 15 is 0 Å². The Bertz CT molecular complexity index is 479. The van der Waals surface area contributed by atoms with E-state index in [1.54, 1.807) is 0 Å². The van der Waals surface area contributed by atoms with E-state index < -0.39 is 0 Å². The first-order valence-corrected chi connectivity index (χ1v) is 8.24. The van der Waals surface area contributed by atoms with Gasteiger partial charge in [0.2, 0.25) is 0 Å². The summed E-state index contributed by atoms with van der Waals surface area (Å²) in [6.45, 7) is 9.49. The van der Waals surface area contributed by atoms with E-state index in [2.05, 4.69) is 0 Å². The van der Waals surface area contributed by atoms with Gasteiger partial charge in [-0.2, -0.15) is 0 Å². The first kappa shape index (κ1) is 17.8. The molecular formula is C17H24O3S. The number of benzene rings is 1. The average molecular weight is 308 g/mol. The summed E-state index contributed by atoms with van der Waals surface area (Å²) in [6, 6.07) is 7.40. The number of rotatable bonds is 7. The molecule has 1 rings (SSSR count). The van der Waals surface area contributed by atoms with Crippen LogP contribution in [0.1, 0.15) is 51.4 Å². The molecule has 1 aromatic rings. The lowest BCUT2D eigenvalue weighted by Gasteiger charge is -2.15. The first-order chi connectivity index (χ1) is 9.85. The predicted molar refractivity (Wildman–Crippen MR) is 86.8 cm³/mol. The number of carbonyl (C=O) groups excluding carboxylic acids is 2. The summed E-state index contributed by atoms with van der Waals surface area (Å²) in [5.74, 6) is -0.0691. The van der Waals surface area contributed by atoms with Gasteiger partial charge in [-0.25, -0.2) is 0 Å². The van der Waals surface area contributed by atoms with Crippen LogP contribution in [0.4, 0.5) is 0 Å². The summed E-state index contributed by atoms with van der Waals surface area (Å²) in [4.78, 5) is 24.7. The lowest BCUT2D eigenvalue weighted by molar-refractivity contribution is -0.147. The molecule has 0 heterocycles. The highest BCUT2D eigenvalue weighted by atomic mass is 32.2. The van der Waals surface area contributed by atoms with E-state index in [0.717, 1.165) is 11.3 Å². The molecule has 0 aliphatic carbocycles. The van der Waals surface area contributed by atoms with Crippen molar-refractivity contribution in [1.29, 1.82) is 0 Å². The summed E-state index contributed by atoms with van der Waals surface area (Å²) in [7, 11) is 0. The minimum Gasteiger partial charge on any atom is -0.462 e. The van der Waals surface area contributed by atoms with Gasteiger partial charge in [-0.15, -0.1) is 11.8 Å². The fraction of sp³-hybridized carbons (Fsp3) is 0.529. The van der Waals surface area contributed by atoms with Gasteiger partial charge in [0, 0.05) is 16.4 Å². The van der Waals surface area contributed by atoms with Crippen LogP contribution in [0.3, 0.4) is 0 Å². The Morgan fingerprint density at radius 3 is 2.14 bits per heavy atom. The number of carbonyl (C=O) groups is 2. The summed E-state index contributed by atoms with van der Waals surface area (Å²) >= 11 is 1.45. The third-order valence-corrected chi connectivity index (χ3v) is 4.29. The van der Waals surface area contributed by atoms with Crippen LogP contribution in [0.25, 0.3) is 0 Å². The molecule has 0 aliphatic rings. The molecule has 0 amide bonds. The molecule has 1 aromatic carbocycles. The second kappa shape index (κ2) is 8.23. The highest BCUT2D eigenvalue weighted by molar-refractivity contribution is 8.00. The van der Waals surface area contributed by atoms with Crippen molar-refractivity contribution in [3.8, 4) is 0 Å². The first-order valence-electron chi connectivity index (χ1n) is 7.36. The van der Waals surface area contributed by atoms with Gasteiger partial charge < -0.3 is 4.74 Å². The molecule has 0 saturated carbocycles. The monoisotopic (exact) mass is 308 g/mol. The molecule has 0 N–H and O–H groups in total. The van der Waals surface area contributed by atoms with E-state index in [1.807, 2.05) is 58.9 Å². The van der Waals surface area contributed by atoms with Crippen LogP contribution in [0, 0.1) is 5.92 Å². The molecule has 2 unspecified atom stereocenters. The molecule has 0 fully saturated rings. The van der Waals surface area contributed by atoms with Gasteiger partial charge in [0.15, 0.2) is 5.78 Å². The summed E-state index contributed by atoms with van der Waals surface area (Å²) < 4.78 is 5.31. The molecular weight excluding hydrogens is 284 g/mol. The number of esters is 1. The lowest BCUT2D eigenvalue weighted by atomic mass is 10.0. The van der Waals surface area contributed by atoms with Gasteiger partial charge in [-0.3, -0.25) is 9.59 Å². The zero-order valence-electron chi connectivity index (χ0n) is 13.4. The summed E-state index contributed by atoms with van der Waals surface area (Å²) in [5, 5.41) is -0.259. The van der Waals surface area contributed by atoms with Gasteiger partial charge in [0.1, 0.15) is 5.25 Å². The fourth-order valence-corrected chi connectivity index (χ4v) is 2.51. The van der Waals surface area contributed by atoms with Gasteiger partial charge >= 0.3 is 5.97 Å². The number of hydrogen-bond acceptors (Lipinski definition) is 4. The van der Waals surface area contributed by atoms with Crippen molar-refractivity contribution in [2.75, 3.05) is 0 Å². The normalized spacial score (nSPS) is 13.8.